The summed E-state index contributed by atoms with van der Waals surface area (Å²) < 4.78 is 27.0. The lowest BCUT2D eigenvalue weighted by molar-refractivity contribution is 0.305. The van der Waals surface area contributed by atoms with Crippen LogP contribution in [0.25, 0.3) is 16.8 Å². The number of ether oxygens (including phenoxy) is 1. The third-order valence-corrected chi connectivity index (χ3v) is 6.92. The Balaban J connectivity index is 1.48. The summed E-state index contributed by atoms with van der Waals surface area (Å²) in [5.74, 6) is -0.304. The van der Waals surface area contributed by atoms with Crippen molar-refractivity contribution in [3.05, 3.63) is 116 Å². The minimum atomic E-state index is -0.643. The van der Waals surface area contributed by atoms with E-state index in [9.17, 15) is 9.18 Å². The number of rotatable bonds is 4. The normalized spacial score (nSPS) is 14.2. The highest BCUT2D eigenvalue weighted by molar-refractivity contribution is 6.30. The summed E-state index contributed by atoms with van der Waals surface area (Å²) >= 11 is 6.19. The molecule has 1 aliphatic heterocycles. The van der Waals surface area contributed by atoms with E-state index in [4.69, 9.17) is 25.8 Å². The van der Waals surface area contributed by atoms with Gasteiger partial charge >= 0.3 is 5.76 Å². The maximum atomic E-state index is 14.1. The molecule has 6 rings (SSSR count). The maximum absolute atomic E-state index is 14.1. The molecule has 0 radical (unpaired) electrons. The lowest BCUT2D eigenvalue weighted by Crippen LogP contribution is -2.02. The number of aromatic nitrogens is 4. The molecule has 0 spiro atoms. The number of pyridine rings is 1. The average Bonchev–Trinajstić information content (AvgIpc) is 3.42. The number of hydrogen-bond donors (Lipinski definition) is 1. The minimum absolute atomic E-state index is 0.259. The third kappa shape index (κ3) is 4.13. The molecule has 2 aromatic carbocycles. The highest BCUT2D eigenvalue weighted by Crippen LogP contribution is 2.41. The molecule has 186 valence electrons. The molecule has 0 atom stereocenters. The number of fused-ring (bicyclic) bond motifs is 3. The molecule has 0 amide bonds. The number of halogens is 2. The molecule has 4 heterocycles. The van der Waals surface area contributed by atoms with Crippen LogP contribution >= 0.6 is 11.6 Å². The van der Waals surface area contributed by atoms with Crippen molar-refractivity contribution < 1.29 is 13.7 Å². The summed E-state index contributed by atoms with van der Waals surface area (Å²) in [5, 5.41) is 4.52. The molecule has 0 unspecified atom stereocenters. The topological polar surface area (TPSA) is 85.4 Å². The van der Waals surface area contributed by atoms with Gasteiger partial charge in [-0.25, -0.2) is 14.2 Å². The number of nitrogens with one attached hydrogen (secondary N) is 1. The van der Waals surface area contributed by atoms with Crippen molar-refractivity contribution in [2.75, 3.05) is 0 Å². The van der Waals surface area contributed by atoms with Crippen LogP contribution in [0, 0.1) is 5.82 Å². The van der Waals surface area contributed by atoms with Crippen LogP contribution in [-0.2, 0) is 19.4 Å². The quantitative estimate of drug-likeness (QED) is 0.325. The summed E-state index contributed by atoms with van der Waals surface area (Å²) in [6.45, 7) is 4.19. The summed E-state index contributed by atoms with van der Waals surface area (Å²) in [7, 11) is 0. The van der Waals surface area contributed by atoms with E-state index in [1.165, 1.54) is 12.1 Å². The molecule has 0 saturated carbocycles. The molecule has 5 aromatic rings. The first kappa shape index (κ1) is 23.2. The second-order valence-corrected chi connectivity index (χ2v) is 9.41. The van der Waals surface area contributed by atoms with E-state index in [1.54, 1.807) is 6.07 Å². The van der Waals surface area contributed by atoms with Crippen LogP contribution in [0.1, 0.15) is 53.3 Å². The Morgan fingerprint density at radius 1 is 1.16 bits per heavy atom. The molecule has 7 nitrogen and oxygen atoms in total. The molecule has 1 aliphatic rings. The second kappa shape index (κ2) is 9.05. The largest absolute Gasteiger partial charge is 0.488 e. The smallest absolute Gasteiger partial charge is 0.439 e. The van der Waals surface area contributed by atoms with Crippen molar-refractivity contribution in [1.29, 1.82) is 0 Å². The summed E-state index contributed by atoms with van der Waals surface area (Å²) in [5.41, 5.74) is 8.04. The van der Waals surface area contributed by atoms with Crippen molar-refractivity contribution in [3.8, 4) is 5.75 Å². The van der Waals surface area contributed by atoms with E-state index in [0.29, 0.717) is 34.2 Å². The van der Waals surface area contributed by atoms with E-state index in [1.807, 2.05) is 31.3 Å². The van der Waals surface area contributed by atoms with Crippen LogP contribution in [0.3, 0.4) is 0 Å². The molecule has 0 saturated heterocycles. The Hall–Kier alpha value is -4.17. The molecule has 1 N–H and O–H groups in total. The van der Waals surface area contributed by atoms with Gasteiger partial charge in [-0.3, -0.25) is 9.51 Å². The molecule has 9 heteroatoms. The zero-order valence-electron chi connectivity index (χ0n) is 20.1. The summed E-state index contributed by atoms with van der Waals surface area (Å²) in [6, 6.07) is 14.4. The summed E-state index contributed by atoms with van der Waals surface area (Å²) in [4.78, 5) is 19.0. The minimum Gasteiger partial charge on any atom is -0.488 e. The van der Waals surface area contributed by atoms with E-state index in [2.05, 4.69) is 33.6 Å². The predicted molar refractivity (Wildman–Crippen MR) is 138 cm³/mol. The van der Waals surface area contributed by atoms with Gasteiger partial charge < -0.3 is 9.14 Å². The van der Waals surface area contributed by atoms with Gasteiger partial charge in [0.2, 0.25) is 0 Å². The van der Waals surface area contributed by atoms with Crippen LogP contribution in [0.4, 0.5) is 4.39 Å². The first-order chi connectivity index (χ1) is 17.9. The Morgan fingerprint density at radius 3 is 2.78 bits per heavy atom. The van der Waals surface area contributed by atoms with Crippen molar-refractivity contribution in [2.24, 2.45) is 0 Å². The van der Waals surface area contributed by atoms with Crippen LogP contribution < -0.4 is 10.5 Å². The van der Waals surface area contributed by atoms with Gasteiger partial charge in [0.25, 0.3) is 0 Å². The van der Waals surface area contributed by atoms with Crippen LogP contribution in [0.15, 0.2) is 64.0 Å². The predicted octanol–water partition coefficient (Wildman–Crippen LogP) is 5.83. The Kier molecular flexibility index (Phi) is 5.68. The number of hydrogen-bond acceptors (Lipinski definition) is 5. The molecule has 0 aliphatic carbocycles. The van der Waals surface area contributed by atoms with Gasteiger partial charge in [-0.1, -0.05) is 41.9 Å². The highest BCUT2D eigenvalue weighted by atomic mass is 35.5. The van der Waals surface area contributed by atoms with Gasteiger partial charge in [0.1, 0.15) is 23.8 Å². The molecule has 0 bridgehead atoms. The van der Waals surface area contributed by atoms with Gasteiger partial charge in [-0.05, 0) is 53.8 Å². The first-order valence-electron chi connectivity index (χ1n) is 11.9. The second-order valence-electron chi connectivity index (χ2n) is 8.97. The Labute approximate surface area is 216 Å². The molecule has 3 aromatic heterocycles. The fourth-order valence-electron chi connectivity index (χ4n) is 4.94. The van der Waals surface area contributed by atoms with Crippen LogP contribution in [0.2, 0.25) is 5.02 Å². The maximum Gasteiger partial charge on any atom is 0.439 e. The Morgan fingerprint density at radius 2 is 2.00 bits per heavy atom. The molecule has 37 heavy (non-hydrogen) atoms. The van der Waals surface area contributed by atoms with Crippen molar-refractivity contribution in [3.63, 3.8) is 0 Å². The van der Waals surface area contributed by atoms with Gasteiger partial charge in [0.05, 0.1) is 5.69 Å². The number of imidazole rings is 1. The zero-order valence-corrected chi connectivity index (χ0v) is 20.9. The average molecular weight is 517 g/mol. The molecular formula is C28H22ClFN4O3. The number of aryl methyl sites for hydroxylation is 1. The number of nitrogens with zero attached hydrogens (tertiary/aromatic N) is 3. The van der Waals surface area contributed by atoms with Crippen molar-refractivity contribution in [1.82, 2.24) is 19.5 Å². The van der Waals surface area contributed by atoms with Crippen molar-refractivity contribution in [2.45, 2.75) is 33.3 Å². The van der Waals surface area contributed by atoms with Gasteiger partial charge in [-0.15, -0.1) is 0 Å². The monoisotopic (exact) mass is 516 g/mol. The number of benzene rings is 2. The standard InChI is InChI=1S/C28H22ClFN4O3/c1-3-22-23(34-9-8-18(29)12-25(34)31-22)11-16-4-6-20-17(10-16)14-36-24-13-19(30)5-7-21(24)26(20)15(2)27-32-28(35)37-33-27/h4-10,12-13H,3,11,14H2,1-2H3,(H,32,33,35)/b26-15+. The number of aromatic amines is 1. The van der Waals surface area contributed by atoms with Crippen LogP contribution in [0.5, 0.6) is 5.75 Å². The van der Waals surface area contributed by atoms with Crippen LogP contribution in [-0.4, -0.2) is 19.5 Å². The molecular weight excluding hydrogens is 495 g/mol. The summed E-state index contributed by atoms with van der Waals surface area (Å²) in [6.07, 6.45) is 3.40. The molecule has 0 fully saturated rings. The SMILES string of the molecule is CCc1nc2cc(Cl)ccn2c1Cc1ccc2c(c1)COc1cc(F)ccc1/C2=C(\C)c1noc(=O)[nH]1. The van der Waals surface area contributed by atoms with Gasteiger partial charge in [0, 0.05) is 46.6 Å². The van der Waals surface area contributed by atoms with E-state index >= 15 is 0 Å². The Bertz CT molecular complexity index is 1770. The first-order valence-corrected chi connectivity index (χ1v) is 12.3. The number of allylic oxidation sites excluding steroid dienone is 1. The zero-order chi connectivity index (χ0) is 25.7. The van der Waals surface area contributed by atoms with Crippen molar-refractivity contribution >= 4 is 28.4 Å². The lowest BCUT2D eigenvalue weighted by atomic mass is 9.89. The number of H-pyrrole nitrogens is 1. The fourth-order valence-corrected chi connectivity index (χ4v) is 5.09. The lowest BCUT2D eigenvalue weighted by Gasteiger charge is -2.14. The highest BCUT2D eigenvalue weighted by Gasteiger charge is 2.24. The van der Waals surface area contributed by atoms with E-state index in [0.717, 1.165) is 45.7 Å². The van der Waals surface area contributed by atoms with Gasteiger partial charge in [-0.2, -0.15) is 0 Å². The third-order valence-electron chi connectivity index (χ3n) is 6.68. The van der Waals surface area contributed by atoms with E-state index in [-0.39, 0.29) is 6.61 Å². The fraction of sp³-hybridized carbons (Fsp3) is 0.179. The van der Waals surface area contributed by atoms with E-state index < -0.39 is 11.6 Å². The van der Waals surface area contributed by atoms with Gasteiger partial charge in [0.15, 0.2) is 5.82 Å².